The molecule has 196 valence electrons. The molecule has 8 nitrogen and oxygen atoms in total. The van der Waals surface area contributed by atoms with Crippen LogP contribution in [0.4, 0.5) is 0 Å². The normalized spacial score (nSPS) is 17.3. The maximum Gasteiger partial charge on any atom is 0.344 e. The Morgan fingerprint density at radius 3 is 2.50 bits per heavy atom. The number of nitrogens with zero attached hydrogens (tertiary/aromatic N) is 2. The van der Waals surface area contributed by atoms with Crippen LogP contribution in [0.1, 0.15) is 43.0 Å². The fraction of sp³-hybridized carbons (Fsp3) is 0.300. The summed E-state index contributed by atoms with van der Waals surface area (Å²) in [6, 6.07) is 22.5. The van der Waals surface area contributed by atoms with Gasteiger partial charge in [0.15, 0.2) is 24.7 Å². The monoisotopic (exact) mass is 514 g/mol. The van der Waals surface area contributed by atoms with Gasteiger partial charge in [0.25, 0.3) is 5.91 Å². The van der Waals surface area contributed by atoms with E-state index in [0.717, 1.165) is 34.6 Å². The van der Waals surface area contributed by atoms with Crippen LogP contribution in [0, 0.1) is 0 Å². The van der Waals surface area contributed by atoms with Crippen molar-refractivity contribution in [1.29, 1.82) is 0 Å². The summed E-state index contributed by atoms with van der Waals surface area (Å²) in [6.45, 7) is 3.21. The number of fused-ring (bicyclic) bond motifs is 1. The van der Waals surface area contributed by atoms with E-state index in [4.69, 9.17) is 18.9 Å². The van der Waals surface area contributed by atoms with E-state index in [-0.39, 0.29) is 18.2 Å². The van der Waals surface area contributed by atoms with Gasteiger partial charge in [0.2, 0.25) is 0 Å². The van der Waals surface area contributed by atoms with Crippen LogP contribution in [0.25, 0.3) is 0 Å². The third kappa shape index (κ3) is 5.49. The van der Waals surface area contributed by atoms with E-state index in [0.29, 0.717) is 17.9 Å². The second kappa shape index (κ2) is 10.6. The molecule has 1 unspecified atom stereocenters. The molecule has 0 fully saturated rings. The Hall–Kier alpha value is -4.33. The number of carbonyl (C=O) groups excluding carboxylic acids is 2. The molecule has 0 bridgehead atoms. The summed E-state index contributed by atoms with van der Waals surface area (Å²) in [6.07, 6.45) is 1.30. The highest BCUT2D eigenvalue weighted by molar-refractivity contribution is 6.03. The van der Waals surface area contributed by atoms with Crippen molar-refractivity contribution < 1.29 is 28.5 Å². The number of benzene rings is 3. The molecule has 1 amide bonds. The molecule has 0 radical (unpaired) electrons. The number of hydrazone groups is 1. The summed E-state index contributed by atoms with van der Waals surface area (Å²) in [7, 11) is 1.61. The molecule has 3 aromatic rings. The molecule has 1 atom stereocenters. The van der Waals surface area contributed by atoms with Crippen LogP contribution < -0.4 is 14.2 Å². The number of hydrogen-bond acceptors (Lipinski definition) is 7. The van der Waals surface area contributed by atoms with Gasteiger partial charge >= 0.3 is 5.97 Å². The molecule has 2 heterocycles. The van der Waals surface area contributed by atoms with E-state index in [9.17, 15) is 9.59 Å². The molecule has 0 aliphatic carbocycles. The average molecular weight is 515 g/mol. The number of ether oxygens (including phenoxy) is 4. The third-order valence-corrected chi connectivity index (χ3v) is 6.53. The van der Waals surface area contributed by atoms with Crippen molar-refractivity contribution in [2.45, 2.75) is 38.3 Å². The highest BCUT2D eigenvalue weighted by Crippen LogP contribution is 2.41. The first-order valence-corrected chi connectivity index (χ1v) is 12.5. The lowest BCUT2D eigenvalue weighted by Crippen LogP contribution is -2.32. The van der Waals surface area contributed by atoms with Crippen LogP contribution in [-0.2, 0) is 20.7 Å². The van der Waals surface area contributed by atoms with Crippen molar-refractivity contribution in [2.75, 3.05) is 20.3 Å². The quantitative estimate of drug-likeness (QED) is 0.405. The van der Waals surface area contributed by atoms with Crippen LogP contribution in [0.5, 0.6) is 17.2 Å². The van der Waals surface area contributed by atoms with Gasteiger partial charge in [-0.15, -0.1) is 0 Å². The van der Waals surface area contributed by atoms with Gasteiger partial charge in [-0.05, 0) is 43.2 Å². The lowest BCUT2D eigenvalue weighted by molar-refractivity contribution is -0.154. The molecular weight excluding hydrogens is 484 g/mol. The molecule has 3 aromatic carbocycles. The lowest BCUT2D eigenvalue weighted by atomic mass is 9.98. The van der Waals surface area contributed by atoms with Crippen molar-refractivity contribution >= 4 is 17.6 Å². The standard InChI is InChI=1S/C30H30N2O6/c1-30(2)17-22-10-7-11-26(29(22)38-30)36-19-28(34)37-18-27(33)32-25(21-12-14-23(35-3)15-13-21)16-24(31-32)20-8-5-4-6-9-20/h4-15,25H,16-19H2,1-3H3. The highest BCUT2D eigenvalue weighted by Gasteiger charge is 2.34. The van der Waals surface area contributed by atoms with Crippen molar-refractivity contribution in [3.8, 4) is 17.2 Å². The first-order chi connectivity index (χ1) is 18.3. The van der Waals surface area contributed by atoms with Crippen molar-refractivity contribution in [2.24, 2.45) is 5.10 Å². The van der Waals surface area contributed by atoms with Crippen LogP contribution in [0.15, 0.2) is 77.9 Å². The molecule has 0 N–H and O–H groups in total. The molecule has 0 saturated carbocycles. The SMILES string of the molecule is COc1ccc(C2CC(c3ccccc3)=NN2C(=O)COC(=O)COc2cccc3c2OC(C)(C)C3)cc1. The summed E-state index contributed by atoms with van der Waals surface area (Å²) in [5.41, 5.74) is 3.33. The predicted octanol–water partition coefficient (Wildman–Crippen LogP) is 4.71. The second-order valence-corrected chi connectivity index (χ2v) is 9.88. The minimum Gasteiger partial charge on any atom is -0.497 e. The summed E-state index contributed by atoms with van der Waals surface area (Å²) in [5.74, 6) is 0.772. The minimum atomic E-state index is -0.652. The van der Waals surface area contributed by atoms with Gasteiger partial charge in [0.05, 0.1) is 18.9 Å². The predicted molar refractivity (Wildman–Crippen MR) is 141 cm³/mol. The zero-order chi connectivity index (χ0) is 26.7. The molecule has 38 heavy (non-hydrogen) atoms. The zero-order valence-corrected chi connectivity index (χ0v) is 21.7. The Morgan fingerprint density at radius 1 is 1.00 bits per heavy atom. The van der Waals surface area contributed by atoms with Crippen LogP contribution >= 0.6 is 0 Å². The van der Waals surface area contributed by atoms with E-state index in [2.05, 4.69) is 5.10 Å². The van der Waals surface area contributed by atoms with E-state index >= 15 is 0 Å². The van der Waals surface area contributed by atoms with Gasteiger partial charge in [-0.3, -0.25) is 4.79 Å². The van der Waals surface area contributed by atoms with Gasteiger partial charge in [0.1, 0.15) is 11.4 Å². The van der Waals surface area contributed by atoms with E-state index < -0.39 is 18.5 Å². The lowest BCUT2D eigenvalue weighted by Gasteiger charge is -2.22. The Morgan fingerprint density at radius 2 is 1.76 bits per heavy atom. The summed E-state index contributed by atoms with van der Waals surface area (Å²) >= 11 is 0. The number of esters is 1. The largest absolute Gasteiger partial charge is 0.497 e. The molecule has 8 heteroatoms. The molecule has 0 saturated heterocycles. The van der Waals surface area contributed by atoms with Gasteiger partial charge < -0.3 is 18.9 Å². The first-order valence-electron chi connectivity index (χ1n) is 12.5. The zero-order valence-electron chi connectivity index (χ0n) is 21.7. The smallest absolute Gasteiger partial charge is 0.344 e. The average Bonchev–Trinajstić information content (AvgIpc) is 3.51. The Labute approximate surface area is 221 Å². The Balaban J connectivity index is 1.24. The fourth-order valence-electron chi connectivity index (χ4n) is 4.72. The van der Waals surface area contributed by atoms with Crippen LogP contribution in [0.3, 0.4) is 0 Å². The van der Waals surface area contributed by atoms with Gasteiger partial charge in [0, 0.05) is 18.4 Å². The minimum absolute atomic E-state index is 0.328. The Bertz CT molecular complexity index is 1350. The first kappa shape index (κ1) is 25.3. The summed E-state index contributed by atoms with van der Waals surface area (Å²) < 4.78 is 22.2. The number of amides is 1. The molecule has 0 aromatic heterocycles. The summed E-state index contributed by atoms with van der Waals surface area (Å²) in [5, 5.41) is 6.01. The van der Waals surface area contributed by atoms with Crippen molar-refractivity contribution in [3.05, 3.63) is 89.5 Å². The van der Waals surface area contributed by atoms with Gasteiger partial charge in [-0.1, -0.05) is 54.6 Å². The van der Waals surface area contributed by atoms with Crippen LogP contribution in [-0.4, -0.2) is 48.5 Å². The van der Waals surface area contributed by atoms with E-state index in [1.54, 1.807) is 13.2 Å². The number of carbonyl (C=O) groups is 2. The van der Waals surface area contributed by atoms with E-state index in [1.807, 2.05) is 80.6 Å². The van der Waals surface area contributed by atoms with Gasteiger partial charge in [-0.2, -0.15) is 5.10 Å². The number of para-hydroxylation sites is 1. The number of rotatable bonds is 8. The topological polar surface area (TPSA) is 86.7 Å². The third-order valence-electron chi connectivity index (χ3n) is 6.53. The maximum atomic E-state index is 13.2. The van der Waals surface area contributed by atoms with Gasteiger partial charge in [-0.25, -0.2) is 9.80 Å². The molecule has 0 spiro atoms. The van der Waals surface area contributed by atoms with Crippen molar-refractivity contribution in [1.82, 2.24) is 5.01 Å². The number of methoxy groups -OCH3 is 1. The number of hydrogen-bond donors (Lipinski definition) is 0. The Kier molecular flexibility index (Phi) is 7.05. The molecular formula is C30H30N2O6. The molecule has 5 rings (SSSR count). The second-order valence-electron chi connectivity index (χ2n) is 9.88. The van der Waals surface area contributed by atoms with E-state index in [1.165, 1.54) is 5.01 Å². The van der Waals surface area contributed by atoms with Crippen molar-refractivity contribution in [3.63, 3.8) is 0 Å². The summed E-state index contributed by atoms with van der Waals surface area (Å²) in [4.78, 5) is 25.7. The fourth-order valence-corrected chi connectivity index (χ4v) is 4.72. The van der Waals surface area contributed by atoms with Crippen LogP contribution in [0.2, 0.25) is 0 Å². The highest BCUT2D eigenvalue weighted by atomic mass is 16.6. The molecule has 2 aliphatic heterocycles. The molecule has 2 aliphatic rings. The maximum absolute atomic E-state index is 13.2.